The molecule has 2 aromatic carbocycles. The SMILES string of the molecule is O=C(CCC(c1ccccc1)c1ncco1)C1=NS(=O)(=O)c2cc(-c3cn[nH]n3)ccc2N1. The number of carbonyl (C=O) groups is 1. The van der Waals surface area contributed by atoms with Crippen molar-refractivity contribution in [3.05, 3.63) is 78.6 Å². The van der Waals surface area contributed by atoms with Crippen LogP contribution in [0.15, 0.2) is 80.9 Å². The van der Waals surface area contributed by atoms with Crippen molar-refractivity contribution in [1.82, 2.24) is 20.4 Å². The number of ketones is 1. The molecule has 0 radical (unpaired) electrons. The van der Waals surface area contributed by atoms with Crippen molar-refractivity contribution in [1.29, 1.82) is 0 Å². The molecule has 5 rings (SSSR count). The summed E-state index contributed by atoms with van der Waals surface area (Å²) in [6.07, 6.45) is 4.95. The number of amidine groups is 1. The summed E-state index contributed by atoms with van der Waals surface area (Å²) in [6, 6.07) is 14.3. The van der Waals surface area contributed by atoms with E-state index in [0.29, 0.717) is 23.6 Å². The van der Waals surface area contributed by atoms with Gasteiger partial charge in [-0.1, -0.05) is 36.4 Å². The van der Waals surface area contributed by atoms with Crippen molar-refractivity contribution in [3.8, 4) is 11.3 Å². The van der Waals surface area contributed by atoms with Crippen LogP contribution in [0.2, 0.25) is 0 Å². The number of carbonyl (C=O) groups excluding carboxylic acids is 1. The molecule has 11 heteroatoms. The fourth-order valence-corrected chi connectivity index (χ4v) is 4.86. The molecular weight excluding hydrogens is 444 g/mol. The van der Waals surface area contributed by atoms with E-state index in [1.165, 1.54) is 18.5 Å². The summed E-state index contributed by atoms with van der Waals surface area (Å²) in [4.78, 5) is 17.1. The monoisotopic (exact) mass is 462 g/mol. The Hall–Kier alpha value is -4.12. The number of Topliss-reactive ketones (excluding diaryl/α,β-unsaturated/α-hetero) is 1. The van der Waals surface area contributed by atoms with E-state index in [1.807, 2.05) is 30.3 Å². The number of aromatic nitrogens is 4. The minimum atomic E-state index is -4.07. The highest BCUT2D eigenvalue weighted by molar-refractivity contribution is 7.90. The predicted molar refractivity (Wildman–Crippen MR) is 119 cm³/mol. The van der Waals surface area contributed by atoms with Crippen LogP contribution in [0.25, 0.3) is 11.3 Å². The first-order valence-electron chi connectivity index (χ1n) is 10.1. The van der Waals surface area contributed by atoms with E-state index in [4.69, 9.17) is 4.42 Å². The number of nitrogens with zero attached hydrogens (tertiary/aromatic N) is 4. The highest BCUT2D eigenvalue weighted by Crippen LogP contribution is 2.32. The molecule has 33 heavy (non-hydrogen) atoms. The third kappa shape index (κ3) is 4.17. The first kappa shape index (κ1) is 20.8. The molecule has 3 heterocycles. The van der Waals surface area contributed by atoms with E-state index in [9.17, 15) is 13.2 Å². The van der Waals surface area contributed by atoms with Gasteiger partial charge < -0.3 is 9.73 Å². The number of hydrogen-bond acceptors (Lipinski definition) is 8. The average Bonchev–Trinajstić information content (AvgIpc) is 3.54. The van der Waals surface area contributed by atoms with Gasteiger partial charge in [-0.2, -0.15) is 23.8 Å². The standard InChI is InChI=1S/C22H18N6O4S/c29-19(9-7-16(22-23-10-11-32-22)14-4-2-1-3-5-14)21-25-17-8-6-15(18-13-24-28-26-18)12-20(17)33(30,31)27-21/h1-6,8,10-13,16H,7,9H2,(H,25,27)(H,24,26,28). The number of hydrogen-bond donors (Lipinski definition) is 2. The number of aromatic amines is 1. The summed E-state index contributed by atoms with van der Waals surface area (Å²) < 4.78 is 34.8. The number of oxazole rings is 1. The molecule has 0 saturated carbocycles. The van der Waals surface area contributed by atoms with Crippen molar-refractivity contribution in [2.45, 2.75) is 23.7 Å². The van der Waals surface area contributed by atoms with Gasteiger partial charge in [0.1, 0.15) is 16.9 Å². The molecule has 4 aromatic rings. The van der Waals surface area contributed by atoms with Crippen molar-refractivity contribution in [3.63, 3.8) is 0 Å². The summed E-state index contributed by atoms with van der Waals surface area (Å²) in [6.45, 7) is 0. The lowest BCUT2D eigenvalue weighted by Gasteiger charge is -2.19. The fraction of sp³-hybridized carbons (Fsp3) is 0.136. The normalized spacial score (nSPS) is 15.2. The van der Waals surface area contributed by atoms with Gasteiger partial charge in [0.25, 0.3) is 10.0 Å². The molecule has 0 spiro atoms. The van der Waals surface area contributed by atoms with Crippen molar-refractivity contribution < 1.29 is 17.6 Å². The summed E-state index contributed by atoms with van der Waals surface area (Å²) in [7, 11) is -4.07. The third-order valence-corrected chi connectivity index (χ3v) is 6.63. The second-order valence-corrected chi connectivity index (χ2v) is 8.97. The zero-order valence-corrected chi connectivity index (χ0v) is 18.0. The van der Waals surface area contributed by atoms with Crippen molar-refractivity contribution >= 4 is 27.3 Å². The first-order chi connectivity index (χ1) is 16.0. The number of nitrogens with one attached hydrogen (secondary N) is 2. The minimum Gasteiger partial charge on any atom is -0.448 e. The summed E-state index contributed by atoms with van der Waals surface area (Å²) in [5.41, 5.74) is 2.30. The molecule has 1 aliphatic rings. The van der Waals surface area contributed by atoms with Crippen LogP contribution in [0.5, 0.6) is 0 Å². The molecule has 0 fully saturated rings. The van der Waals surface area contributed by atoms with Gasteiger partial charge in [0.2, 0.25) is 5.89 Å². The number of fused-ring (bicyclic) bond motifs is 1. The molecule has 1 aliphatic heterocycles. The second kappa shape index (κ2) is 8.43. The van der Waals surface area contributed by atoms with Crippen LogP contribution in [0, 0.1) is 0 Å². The average molecular weight is 462 g/mol. The fourth-order valence-electron chi connectivity index (χ4n) is 3.70. The highest BCUT2D eigenvalue weighted by atomic mass is 32.2. The molecule has 0 saturated heterocycles. The Morgan fingerprint density at radius 2 is 1.97 bits per heavy atom. The molecule has 10 nitrogen and oxygen atoms in total. The Labute approximate surface area is 188 Å². The highest BCUT2D eigenvalue weighted by Gasteiger charge is 2.29. The van der Waals surface area contributed by atoms with Gasteiger partial charge in [-0.15, -0.1) is 4.40 Å². The molecule has 0 bridgehead atoms. The van der Waals surface area contributed by atoms with E-state index in [1.54, 1.807) is 18.3 Å². The van der Waals surface area contributed by atoms with Crippen LogP contribution >= 0.6 is 0 Å². The molecule has 166 valence electrons. The maximum absolute atomic E-state index is 12.9. The van der Waals surface area contributed by atoms with Crippen LogP contribution in [0.1, 0.15) is 30.2 Å². The van der Waals surface area contributed by atoms with Gasteiger partial charge in [-0.25, -0.2) is 4.98 Å². The molecule has 0 aliphatic carbocycles. The number of sulfonamides is 1. The lowest BCUT2D eigenvalue weighted by molar-refractivity contribution is -0.113. The minimum absolute atomic E-state index is 0.0264. The van der Waals surface area contributed by atoms with Gasteiger partial charge in [0.15, 0.2) is 11.6 Å². The van der Waals surface area contributed by atoms with Crippen LogP contribution in [-0.2, 0) is 14.8 Å². The van der Waals surface area contributed by atoms with Crippen molar-refractivity contribution in [2.24, 2.45) is 4.40 Å². The van der Waals surface area contributed by atoms with Crippen LogP contribution in [0.3, 0.4) is 0 Å². The van der Waals surface area contributed by atoms with E-state index in [-0.39, 0.29) is 28.8 Å². The zero-order valence-electron chi connectivity index (χ0n) is 17.2. The third-order valence-electron chi connectivity index (χ3n) is 5.31. The quantitative estimate of drug-likeness (QED) is 0.426. The second-order valence-electron chi connectivity index (χ2n) is 7.40. The molecule has 0 amide bonds. The Kier molecular flexibility index (Phi) is 5.31. The van der Waals surface area contributed by atoms with Crippen LogP contribution < -0.4 is 5.32 Å². The topological polar surface area (TPSA) is 143 Å². The smallest absolute Gasteiger partial charge is 0.286 e. The van der Waals surface area contributed by atoms with E-state index >= 15 is 0 Å². The number of H-pyrrole nitrogens is 1. The Bertz CT molecular complexity index is 1420. The molecule has 2 aromatic heterocycles. The van der Waals surface area contributed by atoms with Gasteiger partial charge in [-0.05, 0) is 24.1 Å². The van der Waals surface area contributed by atoms with Gasteiger partial charge in [-0.3, -0.25) is 4.79 Å². The largest absolute Gasteiger partial charge is 0.448 e. The van der Waals surface area contributed by atoms with Crippen LogP contribution in [0.4, 0.5) is 5.69 Å². The van der Waals surface area contributed by atoms with E-state index in [2.05, 4.69) is 30.1 Å². The lowest BCUT2D eigenvalue weighted by Crippen LogP contribution is -2.29. The van der Waals surface area contributed by atoms with Gasteiger partial charge >= 0.3 is 0 Å². The number of anilines is 1. The molecule has 1 atom stereocenters. The van der Waals surface area contributed by atoms with Gasteiger partial charge in [0, 0.05) is 12.0 Å². The van der Waals surface area contributed by atoms with E-state index < -0.39 is 15.8 Å². The predicted octanol–water partition coefficient (Wildman–Crippen LogP) is 3.15. The van der Waals surface area contributed by atoms with Crippen molar-refractivity contribution in [2.75, 3.05) is 5.32 Å². The Balaban J connectivity index is 1.37. The Morgan fingerprint density at radius 3 is 2.70 bits per heavy atom. The summed E-state index contributed by atoms with van der Waals surface area (Å²) in [5, 5.41) is 13.0. The van der Waals surface area contributed by atoms with E-state index in [0.717, 1.165) is 5.56 Å². The maximum atomic E-state index is 12.9. The Morgan fingerprint density at radius 1 is 1.12 bits per heavy atom. The molecule has 2 N–H and O–H groups in total. The zero-order chi connectivity index (χ0) is 22.8. The maximum Gasteiger partial charge on any atom is 0.286 e. The lowest BCUT2D eigenvalue weighted by atomic mass is 9.93. The molecule has 1 unspecified atom stereocenters. The first-order valence-corrected chi connectivity index (χ1v) is 11.5. The number of benzene rings is 2. The van der Waals surface area contributed by atoms with Gasteiger partial charge in [0.05, 0.1) is 24.0 Å². The number of rotatable bonds is 7. The van der Waals surface area contributed by atoms with Crippen LogP contribution in [-0.4, -0.2) is 40.4 Å². The summed E-state index contributed by atoms with van der Waals surface area (Å²) >= 11 is 0. The molecular formula is C22H18N6O4S. The summed E-state index contributed by atoms with van der Waals surface area (Å²) in [5.74, 6) is -0.387.